The highest BCUT2D eigenvalue weighted by molar-refractivity contribution is 5.95. The first-order chi connectivity index (χ1) is 9.76. The molecule has 0 bridgehead atoms. The number of hydrogen-bond donors (Lipinski definition) is 2. The monoisotopic (exact) mass is 302 g/mol. The lowest BCUT2D eigenvalue weighted by atomic mass is 10.1. The Labute approximate surface area is 117 Å². The number of halogens is 2. The third kappa shape index (κ3) is 4.20. The van der Waals surface area contributed by atoms with Crippen molar-refractivity contribution in [2.75, 3.05) is 0 Å². The van der Waals surface area contributed by atoms with Crippen LogP contribution in [0.1, 0.15) is 30.1 Å². The standard InChI is InChI=1S/C12H12F2N2O5/c1-2-6(3-11(17)18)15-12(19)7-4-10(16(20)21)9(14)5-8(7)13/h4-6H,2-3H2,1H3,(H,15,19)(H,17,18). The second-order valence-corrected chi connectivity index (χ2v) is 4.22. The van der Waals surface area contributed by atoms with Gasteiger partial charge in [-0.25, -0.2) is 4.39 Å². The number of aliphatic carboxylic acids is 1. The van der Waals surface area contributed by atoms with E-state index in [1.54, 1.807) is 6.92 Å². The Bertz CT molecular complexity index is 591. The normalized spacial score (nSPS) is 11.8. The Morgan fingerprint density at radius 3 is 2.48 bits per heavy atom. The largest absolute Gasteiger partial charge is 0.481 e. The van der Waals surface area contributed by atoms with Gasteiger partial charge in [0.15, 0.2) is 0 Å². The van der Waals surface area contributed by atoms with Gasteiger partial charge in [0.1, 0.15) is 5.82 Å². The van der Waals surface area contributed by atoms with Gasteiger partial charge in [0, 0.05) is 18.2 Å². The minimum absolute atomic E-state index is 0.241. The van der Waals surface area contributed by atoms with Crippen molar-refractivity contribution >= 4 is 17.6 Å². The summed E-state index contributed by atoms with van der Waals surface area (Å²) in [6.45, 7) is 1.61. The highest BCUT2D eigenvalue weighted by Gasteiger charge is 2.24. The van der Waals surface area contributed by atoms with Gasteiger partial charge in [-0.1, -0.05) is 6.92 Å². The highest BCUT2D eigenvalue weighted by Crippen LogP contribution is 2.21. The molecule has 1 atom stereocenters. The number of nitrogens with one attached hydrogen (secondary N) is 1. The van der Waals surface area contributed by atoms with E-state index in [-0.39, 0.29) is 18.9 Å². The summed E-state index contributed by atoms with van der Waals surface area (Å²) in [6.07, 6.45) is -0.115. The summed E-state index contributed by atoms with van der Waals surface area (Å²) in [4.78, 5) is 31.9. The molecule has 0 fully saturated rings. The molecule has 0 aliphatic heterocycles. The van der Waals surface area contributed by atoms with Crippen LogP contribution in [0.5, 0.6) is 0 Å². The third-order valence-electron chi connectivity index (χ3n) is 2.73. The second kappa shape index (κ2) is 6.73. The fourth-order valence-corrected chi connectivity index (χ4v) is 1.62. The van der Waals surface area contributed by atoms with E-state index in [4.69, 9.17) is 5.11 Å². The van der Waals surface area contributed by atoms with Crippen LogP contribution in [-0.2, 0) is 4.79 Å². The maximum atomic E-state index is 13.5. The van der Waals surface area contributed by atoms with E-state index in [1.165, 1.54) is 0 Å². The first-order valence-electron chi connectivity index (χ1n) is 5.92. The van der Waals surface area contributed by atoms with Crippen LogP contribution in [0.4, 0.5) is 14.5 Å². The Morgan fingerprint density at radius 1 is 1.38 bits per heavy atom. The van der Waals surface area contributed by atoms with Crippen LogP contribution in [0.3, 0.4) is 0 Å². The van der Waals surface area contributed by atoms with Crippen molar-refractivity contribution in [3.05, 3.63) is 39.4 Å². The lowest BCUT2D eigenvalue weighted by molar-refractivity contribution is -0.387. The zero-order chi connectivity index (χ0) is 16.2. The van der Waals surface area contributed by atoms with Crippen molar-refractivity contribution in [2.24, 2.45) is 0 Å². The van der Waals surface area contributed by atoms with Crippen LogP contribution < -0.4 is 5.32 Å². The predicted octanol–water partition coefficient (Wildman–Crippen LogP) is 1.86. The number of nitro groups is 1. The molecular formula is C12H12F2N2O5. The van der Waals surface area contributed by atoms with Crippen molar-refractivity contribution in [1.29, 1.82) is 0 Å². The zero-order valence-electron chi connectivity index (χ0n) is 10.9. The second-order valence-electron chi connectivity index (χ2n) is 4.22. The lowest BCUT2D eigenvalue weighted by Crippen LogP contribution is -2.36. The number of carbonyl (C=O) groups excluding carboxylic acids is 1. The molecule has 114 valence electrons. The van der Waals surface area contributed by atoms with Crippen LogP contribution in [0.2, 0.25) is 0 Å². The van der Waals surface area contributed by atoms with Crippen molar-refractivity contribution in [3.63, 3.8) is 0 Å². The molecule has 0 heterocycles. The van der Waals surface area contributed by atoms with Crippen molar-refractivity contribution in [1.82, 2.24) is 5.32 Å². The topological polar surface area (TPSA) is 110 Å². The maximum absolute atomic E-state index is 13.5. The predicted molar refractivity (Wildman–Crippen MR) is 66.8 cm³/mol. The van der Waals surface area contributed by atoms with Gasteiger partial charge < -0.3 is 10.4 Å². The summed E-state index contributed by atoms with van der Waals surface area (Å²) >= 11 is 0. The molecule has 2 N–H and O–H groups in total. The molecule has 0 spiro atoms. The number of amides is 1. The molecule has 1 aromatic rings. The lowest BCUT2D eigenvalue weighted by Gasteiger charge is -2.15. The average Bonchev–Trinajstić information content (AvgIpc) is 2.36. The van der Waals surface area contributed by atoms with Gasteiger partial charge in [-0.2, -0.15) is 4.39 Å². The van der Waals surface area contributed by atoms with Crippen LogP contribution in [0.15, 0.2) is 12.1 Å². The fraction of sp³-hybridized carbons (Fsp3) is 0.333. The molecule has 7 nitrogen and oxygen atoms in total. The Hall–Kier alpha value is -2.58. The Kier molecular flexibility index (Phi) is 5.28. The fourth-order valence-electron chi connectivity index (χ4n) is 1.62. The number of rotatable bonds is 6. The van der Waals surface area contributed by atoms with Crippen molar-refractivity contribution in [2.45, 2.75) is 25.8 Å². The molecule has 1 rings (SSSR count). The van der Waals surface area contributed by atoms with Gasteiger partial charge in [-0.05, 0) is 6.42 Å². The number of carboxylic acid groups (broad SMARTS) is 1. The highest BCUT2D eigenvalue weighted by atomic mass is 19.1. The quantitative estimate of drug-likeness (QED) is 0.615. The van der Waals surface area contributed by atoms with Gasteiger partial charge in [0.05, 0.1) is 16.9 Å². The smallest absolute Gasteiger partial charge is 0.305 e. The minimum Gasteiger partial charge on any atom is -0.481 e. The summed E-state index contributed by atoms with van der Waals surface area (Å²) in [6, 6.07) is -0.0444. The van der Waals surface area contributed by atoms with E-state index in [2.05, 4.69) is 5.32 Å². The Balaban J connectivity index is 3.04. The number of carboxylic acids is 1. The first kappa shape index (κ1) is 16.5. The molecule has 1 amide bonds. The summed E-state index contributed by atoms with van der Waals surface area (Å²) in [5.74, 6) is -4.86. The molecular weight excluding hydrogens is 290 g/mol. The van der Waals surface area contributed by atoms with E-state index in [0.29, 0.717) is 6.07 Å². The van der Waals surface area contributed by atoms with Gasteiger partial charge in [0.2, 0.25) is 5.82 Å². The molecule has 1 aromatic carbocycles. The van der Waals surface area contributed by atoms with Crippen LogP contribution in [0.25, 0.3) is 0 Å². The number of carbonyl (C=O) groups is 2. The summed E-state index contributed by atoms with van der Waals surface area (Å²) in [5, 5.41) is 21.4. The maximum Gasteiger partial charge on any atom is 0.305 e. The Morgan fingerprint density at radius 2 is 2.00 bits per heavy atom. The molecule has 0 radical (unpaired) electrons. The first-order valence-corrected chi connectivity index (χ1v) is 5.92. The SMILES string of the molecule is CCC(CC(=O)O)NC(=O)c1cc([N+](=O)[O-])c(F)cc1F. The zero-order valence-corrected chi connectivity index (χ0v) is 10.9. The van der Waals surface area contributed by atoms with E-state index in [9.17, 15) is 28.5 Å². The number of nitro benzene ring substituents is 1. The van der Waals surface area contributed by atoms with Crippen LogP contribution >= 0.6 is 0 Å². The van der Waals surface area contributed by atoms with Gasteiger partial charge in [-0.15, -0.1) is 0 Å². The van der Waals surface area contributed by atoms with E-state index in [0.717, 1.165) is 0 Å². The minimum atomic E-state index is -1.40. The van der Waals surface area contributed by atoms with E-state index in [1.807, 2.05) is 0 Å². The van der Waals surface area contributed by atoms with Crippen molar-refractivity contribution in [3.8, 4) is 0 Å². The van der Waals surface area contributed by atoms with Crippen LogP contribution in [0, 0.1) is 21.7 Å². The molecule has 0 aliphatic carbocycles. The van der Waals surface area contributed by atoms with Gasteiger partial charge in [0.25, 0.3) is 5.91 Å². The van der Waals surface area contributed by atoms with E-state index < -0.39 is 45.7 Å². The molecule has 0 aromatic heterocycles. The molecule has 1 unspecified atom stereocenters. The number of benzene rings is 1. The molecule has 0 saturated carbocycles. The molecule has 0 aliphatic rings. The number of nitrogens with zero attached hydrogens (tertiary/aromatic N) is 1. The summed E-state index contributed by atoms with van der Waals surface area (Å²) in [5.41, 5.74) is -1.75. The summed E-state index contributed by atoms with van der Waals surface area (Å²) in [7, 11) is 0. The van der Waals surface area contributed by atoms with Crippen molar-refractivity contribution < 1.29 is 28.4 Å². The molecule has 21 heavy (non-hydrogen) atoms. The van der Waals surface area contributed by atoms with Gasteiger partial charge >= 0.3 is 11.7 Å². The third-order valence-corrected chi connectivity index (χ3v) is 2.73. The van der Waals surface area contributed by atoms with Gasteiger partial charge in [-0.3, -0.25) is 19.7 Å². The molecule has 9 heteroatoms. The van der Waals surface area contributed by atoms with Crippen LogP contribution in [-0.4, -0.2) is 27.9 Å². The summed E-state index contributed by atoms with van der Waals surface area (Å²) < 4.78 is 26.7. The van der Waals surface area contributed by atoms with E-state index >= 15 is 0 Å². The number of hydrogen-bond acceptors (Lipinski definition) is 4. The average molecular weight is 302 g/mol. The molecule has 0 saturated heterocycles.